The topological polar surface area (TPSA) is 63.4 Å². The van der Waals surface area contributed by atoms with Crippen molar-refractivity contribution in [2.75, 3.05) is 25.6 Å². The van der Waals surface area contributed by atoms with Crippen LogP contribution in [0.15, 0.2) is 29.2 Å². The number of benzene rings is 1. The van der Waals surface area contributed by atoms with Crippen molar-refractivity contribution in [2.24, 2.45) is 0 Å². The van der Waals surface area contributed by atoms with Crippen molar-refractivity contribution in [3.05, 3.63) is 24.3 Å². The van der Waals surface area contributed by atoms with Crippen LogP contribution in [0, 0.1) is 0 Å². The van der Waals surface area contributed by atoms with E-state index in [1.54, 1.807) is 38.4 Å². The van der Waals surface area contributed by atoms with E-state index in [0.29, 0.717) is 10.6 Å². The lowest BCUT2D eigenvalue weighted by molar-refractivity contribution is -0.125. The second-order valence-electron chi connectivity index (χ2n) is 3.35. The molecule has 0 aliphatic heterocycles. The predicted molar refractivity (Wildman–Crippen MR) is 60.8 cm³/mol. The molecule has 0 bridgehead atoms. The van der Waals surface area contributed by atoms with Gasteiger partial charge in [-0.25, -0.2) is 0 Å². The lowest BCUT2D eigenvalue weighted by Crippen LogP contribution is -2.27. The van der Waals surface area contributed by atoms with Crippen LogP contribution in [0.1, 0.15) is 0 Å². The van der Waals surface area contributed by atoms with Crippen molar-refractivity contribution < 1.29 is 9.00 Å². The van der Waals surface area contributed by atoms with Gasteiger partial charge in [0.05, 0.1) is 10.8 Å². The fraction of sp³-hybridized carbons (Fsp3) is 0.300. The number of hydrogen-bond acceptors (Lipinski definition) is 3. The molecule has 0 aliphatic carbocycles. The number of hydrogen-bond donors (Lipinski definition) is 1. The van der Waals surface area contributed by atoms with Crippen molar-refractivity contribution >= 4 is 22.4 Å². The first kappa shape index (κ1) is 11.7. The lowest BCUT2D eigenvalue weighted by Gasteiger charge is -2.09. The summed E-state index contributed by atoms with van der Waals surface area (Å²) in [5.41, 5.74) is 6.11. The van der Waals surface area contributed by atoms with Crippen molar-refractivity contribution in [3.63, 3.8) is 0 Å². The molecule has 1 amide bonds. The van der Waals surface area contributed by atoms with Gasteiger partial charge in [0.25, 0.3) is 0 Å². The Morgan fingerprint density at radius 2 is 2.13 bits per heavy atom. The van der Waals surface area contributed by atoms with Gasteiger partial charge in [-0.3, -0.25) is 9.00 Å². The van der Waals surface area contributed by atoms with Gasteiger partial charge >= 0.3 is 0 Å². The first-order valence-electron chi connectivity index (χ1n) is 4.45. The van der Waals surface area contributed by atoms with Gasteiger partial charge in [-0.05, 0) is 18.2 Å². The van der Waals surface area contributed by atoms with Crippen LogP contribution in [-0.2, 0) is 15.6 Å². The van der Waals surface area contributed by atoms with Gasteiger partial charge in [-0.2, -0.15) is 0 Å². The van der Waals surface area contributed by atoms with Crippen LogP contribution in [-0.4, -0.2) is 34.9 Å². The van der Waals surface area contributed by atoms with Crippen molar-refractivity contribution in [2.45, 2.75) is 4.90 Å². The number of nitrogens with two attached hydrogens (primary N) is 1. The molecule has 1 atom stereocenters. The minimum absolute atomic E-state index is 0.00352. The highest BCUT2D eigenvalue weighted by Gasteiger charge is 2.11. The number of carbonyl (C=O) groups is 1. The molecule has 5 heteroatoms. The Hall–Kier alpha value is -1.36. The van der Waals surface area contributed by atoms with Gasteiger partial charge in [0, 0.05) is 24.7 Å². The van der Waals surface area contributed by atoms with Crippen LogP contribution in [0.2, 0.25) is 0 Å². The number of anilines is 1. The van der Waals surface area contributed by atoms with Gasteiger partial charge < -0.3 is 10.6 Å². The maximum Gasteiger partial charge on any atom is 0.235 e. The molecule has 1 aromatic rings. The predicted octanol–water partition coefficient (Wildman–Crippen LogP) is 0.465. The molecule has 0 saturated carbocycles. The standard InChI is InChI=1S/C10H14N2O2S/c1-12(2)10(13)7-15(14)9-5-3-4-8(11)6-9/h3-6H,7,11H2,1-2H3. The Labute approximate surface area is 91.5 Å². The van der Waals surface area contributed by atoms with Gasteiger partial charge in [-0.15, -0.1) is 0 Å². The van der Waals surface area contributed by atoms with E-state index in [1.807, 2.05) is 0 Å². The van der Waals surface area contributed by atoms with Crippen LogP contribution in [0.3, 0.4) is 0 Å². The molecule has 4 nitrogen and oxygen atoms in total. The largest absolute Gasteiger partial charge is 0.399 e. The third kappa shape index (κ3) is 3.36. The van der Waals surface area contributed by atoms with Crippen molar-refractivity contribution in [1.29, 1.82) is 0 Å². The quantitative estimate of drug-likeness (QED) is 0.762. The molecule has 0 saturated heterocycles. The molecular weight excluding hydrogens is 212 g/mol. The summed E-state index contributed by atoms with van der Waals surface area (Å²) in [6.07, 6.45) is 0. The zero-order chi connectivity index (χ0) is 11.4. The summed E-state index contributed by atoms with van der Waals surface area (Å²) in [6, 6.07) is 6.77. The average Bonchev–Trinajstić information content (AvgIpc) is 2.17. The average molecular weight is 226 g/mol. The molecule has 0 aromatic heterocycles. The fourth-order valence-corrected chi connectivity index (χ4v) is 2.13. The lowest BCUT2D eigenvalue weighted by atomic mass is 10.3. The number of nitrogens with zero attached hydrogens (tertiary/aromatic N) is 1. The molecule has 1 rings (SSSR count). The van der Waals surface area contributed by atoms with E-state index in [-0.39, 0.29) is 11.7 Å². The second kappa shape index (κ2) is 4.93. The van der Waals surface area contributed by atoms with Crippen LogP contribution >= 0.6 is 0 Å². The molecule has 15 heavy (non-hydrogen) atoms. The normalized spacial score (nSPS) is 12.1. The highest BCUT2D eigenvalue weighted by molar-refractivity contribution is 7.85. The summed E-state index contributed by atoms with van der Waals surface area (Å²) in [7, 11) is 1.96. The third-order valence-electron chi connectivity index (χ3n) is 1.87. The van der Waals surface area contributed by atoms with E-state index >= 15 is 0 Å². The Bertz CT molecular complexity index is 391. The van der Waals surface area contributed by atoms with Gasteiger partial charge in [0.15, 0.2) is 0 Å². The molecule has 1 aromatic carbocycles. The van der Waals surface area contributed by atoms with E-state index in [1.165, 1.54) is 4.90 Å². The molecular formula is C10H14N2O2S. The summed E-state index contributed by atoms with van der Waals surface area (Å²) in [4.78, 5) is 13.3. The first-order valence-corrected chi connectivity index (χ1v) is 5.76. The zero-order valence-electron chi connectivity index (χ0n) is 8.77. The fourth-order valence-electron chi connectivity index (χ4n) is 0.981. The van der Waals surface area contributed by atoms with Crippen LogP contribution in [0.25, 0.3) is 0 Å². The Morgan fingerprint density at radius 3 is 2.67 bits per heavy atom. The summed E-state index contributed by atoms with van der Waals surface area (Å²) < 4.78 is 11.7. The molecule has 0 heterocycles. The summed E-state index contributed by atoms with van der Waals surface area (Å²) >= 11 is 0. The Morgan fingerprint density at radius 1 is 1.47 bits per heavy atom. The maximum absolute atomic E-state index is 11.7. The van der Waals surface area contributed by atoms with Crippen LogP contribution < -0.4 is 5.73 Å². The molecule has 0 fully saturated rings. The SMILES string of the molecule is CN(C)C(=O)CS(=O)c1cccc(N)c1. The minimum atomic E-state index is -1.32. The number of nitrogen functional groups attached to an aromatic ring is 1. The van der Waals surface area contributed by atoms with Crippen LogP contribution in [0.5, 0.6) is 0 Å². The number of amides is 1. The van der Waals surface area contributed by atoms with Crippen molar-refractivity contribution in [1.82, 2.24) is 4.90 Å². The first-order chi connectivity index (χ1) is 7.00. The Balaban J connectivity index is 2.74. The zero-order valence-corrected chi connectivity index (χ0v) is 9.58. The molecule has 1 unspecified atom stereocenters. The third-order valence-corrected chi connectivity index (χ3v) is 3.16. The number of rotatable bonds is 3. The molecule has 0 spiro atoms. The molecule has 82 valence electrons. The number of carbonyl (C=O) groups excluding carboxylic acids is 1. The Kier molecular flexibility index (Phi) is 3.85. The molecule has 2 N–H and O–H groups in total. The monoisotopic (exact) mass is 226 g/mol. The summed E-state index contributed by atoms with van der Waals surface area (Å²) in [5, 5.41) is 0. The summed E-state index contributed by atoms with van der Waals surface area (Å²) in [6.45, 7) is 0. The van der Waals surface area contributed by atoms with Crippen LogP contribution in [0.4, 0.5) is 5.69 Å². The minimum Gasteiger partial charge on any atom is -0.399 e. The summed E-state index contributed by atoms with van der Waals surface area (Å²) in [5.74, 6) is -0.160. The van der Waals surface area contributed by atoms with E-state index in [2.05, 4.69) is 0 Å². The van der Waals surface area contributed by atoms with Gasteiger partial charge in [0.1, 0.15) is 5.75 Å². The molecule has 0 radical (unpaired) electrons. The van der Waals surface area contributed by atoms with E-state index in [0.717, 1.165) is 0 Å². The van der Waals surface area contributed by atoms with Gasteiger partial charge in [0.2, 0.25) is 5.91 Å². The smallest absolute Gasteiger partial charge is 0.235 e. The molecule has 0 aliphatic rings. The van der Waals surface area contributed by atoms with Gasteiger partial charge in [-0.1, -0.05) is 6.07 Å². The highest BCUT2D eigenvalue weighted by Crippen LogP contribution is 2.11. The van der Waals surface area contributed by atoms with Crippen molar-refractivity contribution in [3.8, 4) is 0 Å². The van der Waals surface area contributed by atoms with E-state index < -0.39 is 10.8 Å². The second-order valence-corrected chi connectivity index (χ2v) is 4.80. The van der Waals surface area contributed by atoms with E-state index in [4.69, 9.17) is 5.73 Å². The van der Waals surface area contributed by atoms with E-state index in [9.17, 15) is 9.00 Å². The highest BCUT2D eigenvalue weighted by atomic mass is 32.2. The maximum atomic E-state index is 11.7.